The molecule has 1 aromatic carbocycles. The van der Waals surface area contributed by atoms with E-state index in [9.17, 15) is 0 Å². The first-order chi connectivity index (χ1) is 11.6. The summed E-state index contributed by atoms with van der Waals surface area (Å²) in [7, 11) is 2.03. The van der Waals surface area contributed by atoms with Gasteiger partial charge in [-0.2, -0.15) is 5.10 Å². The van der Waals surface area contributed by atoms with Gasteiger partial charge in [0.2, 0.25) is 0 Å². The zero-order chi connectivity index (χ0) is 17.4. The van der Waals surface area contributed by atoms with Crippen LogP contribution in [0.15, 0.2) is 47.7 Å². The van der Waals surface area contributed by atoms with Crippen molar-refractivity contribution in [3.63, 3.8) is 0 Å². The Morgan fingerprint density at radius 3 is 2.76 bits per heavy atom. The van der Waals surface area contributed by atoms with Gasteiger partial charge >= 0.3 is 0 Å². The molecule has 5 nitrogen and oxygen atoms in total. The molecule has 0 fully saturated rings. The van der Waals surface area contributed by atoms with E-state index in [1.165, 1.54) is 0 Å². The average Bonchev–Trinajstić information content (AvgIpc) is 3.06. The third kappa shape index (κ3) is 7.23. The van der Waals surface area contributed by atoms with E-state index < -0.39 is 0 Å². The van der Waals surface area contributed by atoms with Crippen molar-refractivity contribution in [1.82, 2.24) is 20.0 Å². The number of halogens is 2. The lowest BCUT2D eigenvalue weighted by molar-refractivity contribution is 0.444. The summed E-state index contributed by atoms with van der Waals surface area (Å²) >= 11 is 6.26. The molecule has 0 radical (unpaired) electrons. The summed E-state index contributed by atoms with van der Waals surface area (Å²) in [4.78, 5) is 6.87. The molecule has 25 heavy (non-hydrogen) atoms. The number of aromatic nitrogens is 2. The second kappa shape index (κ2) is 11.4. The fourth-order valence-corrected chi connectivity index (χ4v) is 2.65. The first-order valence-electron chi connectivity index (χ1n) is 8.30. The van der Waals surface area contributed by atoms with E-state index in [2.05, 4.69) is 29.2 Å². The van der Waals surface area contributed by atoms with Gasteiger partial charge in [0, 0.05) is 50.6 Å². The van der Waals surface area contributed by atoms with Gasteiger partial charge in [0.1, 0.15) is 0 Å². The maximum Gasteiger partial charge on any atom is 0.193 e. The lowest BCUT2D eigenvalue weighted by Gasteiger charge is -2.23. The Bertz CT molecular complexity index is 645. The molecule has 1 unspecified atom stereocenters. The third-order valence-corrected chi connectivity index (χ3v) is 4.04. The zero-order valence-corrected chi connectivity index (χ0v) is 18.1. The Morgan fingerprint density at radius 1 is 1.36 bits per heavy atom. The van der Waals surface area contributed by atoms with Gasteiger partial charge in [0.15, 0.2) is 5.96 Å². The van der Waals surface area contributed by atoms with Crippen molar-refractivity contribution < 1.29 is 0 Å². The minimum absolute atomic E-state index is 0. The van der Waals surface area contributed by atoms with E-state index >= 15 is 0 Å². The van der Waals surface area contributed by atoms with E-state index in [-0.39, 0.29) is 24.0 Å². The van der Waals surface area contributed by atoms with Crippen LogP contribution in [0.3, 0.4) is 0 Å². The molecule has 7 heteroatoms. The fourth-order valence-electron chi connectivity index (χ4n) is 2.45. The molecule has 0 bridgehead atoms. The van der Waals surface area contributed by atoms with Crippen molar-refractivity contribution in [1.29, 1.82) is 0 Å². The number of hydrogen-bond acceptors (Lipinski definition) is 2. The van der Waals surface area contributed by atoms with Gasteiger partial charge in [0.25, 0.3) is 0 Å². The van der Waals surface area contributed by atoms with Gasteiger partial charge in [-0.05, 0) is 30.5 Å². The molecular weight excluding hydrogens is 449 g/mol. The fraction of sp³-hybridized carbons (Fsp3) is 0.444. The first kappa shape index (κ1) is 21.8. The summed E-state index contributed by atoms with van der Waals surface area (Å²) in [6.45, 7) is 7.42. The van der Waals surface area contributed by atoms with E-state index in [4.69, 9.17) is 16.6 Å². The highest BCUT2D eigenvalue weighted by Crippen LogP contribution is 2.16. The summed E-state index contributed by atoms with van der Waals surface area (Å²) in [5, 5.41) is 8.38. The van der Waals surface area contributed by atoms with Crippen molar-refractivity contribution in [3.05, 3.63) is 53.3 Å². The van der Waals surface area contributed by atoms with E-state index in [1.807, 2.05) is 48.3 Å². The Hall–Kier alpha value is -1.28. The maximum absolute atomic E-state index is 6.26. The topological polar surface area (TPSA) is 45.5 Å². The molecule has 2 aromatic rings. The van der Waals surface area contributed by atoms with E-state index in [0.29, 0.717) is 5.92 Å². The highest BCUT2D eigenvalue weighted by atomic mass is 127. The highest BCUT2D eigenvalue weighted by molar-refractivity contribution is 14.0. The van der Waals surface area contributed by atoms with Crippen LogP contribution in [-0.2, 0) is 13.1 Å². The summed E-state index contributed by atoms with van der Waals surface area (Å²) in [5.74, 6) is 1.30. The standard InChI is InChI=1S/C18H26ClN5.HI/c1-4-20-18(21-12-15(2)13-24-11-7-10-22-24)23(3)14-16-8-5-6-9-17(16)19;/h5-11,15H,4,12-14H2,1-3H3,(H,20,21);1H. The Morgan fingerprint density at radius 2 is 2.12 bits per heavy atom. The van der Waals surface area contributed by atoms with Gasteiger partial charge in [-0.25, -0.2) is 0 Å². The molecule has 0 saturated carbocycles. The molecule has 1 heterocycles. The molecule has 0 saturated heterocycles. The van der Waals surface area contributed by atoms with Crippen LogP contribution in [0.2, 0.25) is 5.02 Å². The van der Waals surface area contributed by atoms with Gasteiger partial charge in [-0.1, -0.05) is 36.7 Å². The van der Waals surface area contributed by atoms with Crippen molar-refractivity contribution in [2.75, 3.05) is 20.1 Å². The summed E-state index contributed by atoms with van der Waals surface area (Å²) < 4.78 is 1.95. The van der Waals surface area contributed by atoms with Gasteiger partial charge in [-0.3, -0.25) is 9.67 Å². The van der Waals surface area contributed by atoms with Crippen LogP contribution in [0.5, 0.6) is 0 Å². The lowest BCUT2D eigenvalue weighted by atomic mass is 10.2. The number of nitrogens with zero attached hydrogens (tertiary/aromatic N) is 4. The van der Waals surface area contributed by atoms with Gasteiger partial charge in [0.05, 0.1) is 0 Å². The van der Waals surface area contributed by atoms with Crippen molar-refractivity contribution >= 4 is 41.5 Å². The molecule has 0 aliphatic rings. The van der Waals surface area contributed by atoms with E-state index in [0.717, 1.165) is 42.7 Å². The van der Waals surface area contributed by atoms with Crippen LogP contribution >= 0.6 is 35.6 Å². The van der Waals surface area contributed by atoms with Crippen molar-refractivity contribution in [3.8, 4) is 0 Å². The van der Waals surface area contributed by atoms with Crippen molar-refractivity contribution in [2.24, 2.45) is 10.9 Å². The maximum atomic E-state index is 6.26. The monoisotopic (exact) mass is 475 g/mol. The quantitative estimate of drug-likeness (QED) is 0.375. The van der Waals surface area contributed by atoms with Crippen LogP contribution in [0.4, 0.5) is 0 Å². The van der Waals surface area contributed by atoms with Crippen LogP contribution < -0.4 is 5.32 Å². The zero-order valence-electron chi connectivity index (χ0n) is 15.0. The second-order valence-corrected chi connectivity index (χ2v) is 6.38. The minimum Gasteiger partial charge on any atom is -0.357 e. The molecule has 2 rings (SSSR count). The average molecular weight is 476 g/mol. The van der Waals surface area contributed by atoms with Crippen LogP contribution in [0.25, 0.3) is 0 Å². The number of aliphatic imine (C=N–C) groups is 1. The number of guanidine groups is 1. The van der Waals surface area contributed by atoms with Crippen LogP contribution in [0, 0.1) is 5.92 Å². The molecular formula is C18H27ClIN5. The predicted molar refractivity (Wildman–Crippen MR) is 116 cm³/mol. The summed E-state index contributed by atoms with van der Waals surface area (Å²) in [6.07, 6.45) is 3.78. The normalized spacial score (nSPS) is 12.4. The van der Waals surface area contributed by atoms with E-state index in [1.54, 1.807) is 6.20 Å². The van der Waals surface area contributed by atoms with Crippen molar-refractivity contribution in [2.45, 2.75) is 26.9 Å². The third-order valence-electron chi connectivity index (χ3n) is 3.67. The molecule has 1 aromatic heterocycles. The smallest absolute Gasteiger partial charge is 0.193 e. The molecule has 0 spiro atoms. The summed E-state index contributed by atoms with van der Waals surface area (Å²) in [6, 6.07) is 9.86. The lowest BCUT2D eigenvalue weighted by Crippen LogP contribution is -2.39. The predicted octanol–water partition coefficient (Wildman–Crippen LogP) is 3.89. The van der Waals surface area contributed by atoms with Gasteiger partial charge in [-0.15, -0.1) is 24.0 Å². The van der Waals surface area contributed by atoms with Crippen LogP contribution in [0.1, 0.15) is 19.4 Å². The molecule has 1 N–H and O–H groups in total. The van der Waals surface area contributed by atoms with Crippen LogP contribution in [-0.4, -0.2) is 40.8 Å². The first-order valence-corrected chi connectivity index (χ1v) is 8.68. The molecule has 0 aliphatic heterocycles. The summed E-state index contributed by atoms with van der Waals surface area (Å²) in [5.41, 5.74) is 1.09. The number of nitrogens with one attached hydrogen (secondary N) is 1. The molecule has 0 amide bonds. The largest absolute Gasteiger partial charge is 0.357 e. The molecule has 0 aliphatic carbocycles. The Balaban J connectivity index is 0.00000312. The second-order valence-electron chi connectivity index (χ2n) is 5.98. The Labute approximate surface area is 172 Å². The Kier molecular flexibility index (Phi) is 9.89. The minimum atomic E-state index is 0. The number of rotatable bonds is 7. The van der Waals surface area contributed by atoms with Gasteiger partial charge < -0.3 is 10.2 Å². The SMILES string of the molecule is CCNC(=NCC(C)Cn1cccn1)N(C)Cc1ccccc1Cl.I. The molecule has 1 atom stereocenters. The highest BCUT2D eigenvalue weighted by Gasteiger charge is 2.10. The molecule has 138 valence electrons. The number of benzene rings is 1. The number of hydrogen-bond donors (Lipinski definition) is 1.